The highest BCUT2D eigenvalue weighted by atomic mass is 19.3. The predicted molar refractivity (Wildman–Crippen MR) is 45.1 cm³/mol. The van der Waals surface area contributed by atoms with Gasteiger partial charge in [-0.25, -0.2) is 8.78 Å². The van der Waals surface area contributed by atoms with E-state index in [0.717, 1.165) is 6.92 Å². The summed E-state index contributed by atoms with van der Waals surface area (Å²) in [6.07, 6.45) is 0. The van der Waals surface area contributed by atoms with E-state index in [1.807, 2.05) is 20.8 Å². The van der Waals surface area contributed by atoms with E-state index in [1.54, 1.807) is 11.9 Å². The first kappa shape index (κ1) is 13.4. The van der Waals surface area contributed by atoms with Crippen molar-refractivity contribution in [3.05, 3.63) is 0 Å². The third-order valence-electron chi connectivity index (χ3n) is 1.09. The Bertz CT molecular complexity index is 78.7. The highest BCUT2D eigenvalue weighted by Gasteiger charge is 2.22. The van der Waals surface area contributed by atoms with Gasteiger partial charge in [0.1, 0.15) is 0 Å². The van der Waals surface area contributed by atoms with Crippen LogP contribution in [-0.2, 0) is 0 Å². The van der Waals surface area contributed by atoms with E-state index in [0.29, 0.717) is 6.54 Å². The van der Waals surface area contributed by atoms with Crippen molar-refractivity contribution in [3.63, 3.8) is 0 Å². The second-order valence-corrected chi connectivity index (χ2v) is 2.40. The van der Waals surface area contributed by atoms with E-state index in [-0.39, 0.29) is 6.54 Å². The van der Waals surface area contributed by atoms with E-state index in [4.69, 9.17) is 0 Å². The molecule has 0 aromatic rings. The van der Waals surface area contributed by atoms with Gasteiger partial charge in [-0.15, -0.1) is 0 Å². The minimum Gasteiger partial charge on any atom is -0.301 e. The molecule has 3 heteroatoms. The van der Waals surface area contributed by atoms with Crippen molar-refractivity contribution in [3.8, 4) is 0 Å². The smallest absolute Gasteiger partial charge is 0.257 e. The quantitative estimate of drug-likeness (QED) is 0.624. The first-order valence-corrected chi connectivity index (χ1v) is 4.02. The Morgan fingerprint density at radius 1 is 1.27 bits per heavy atom. The maximum Gasteiger partial charge on any atom is 0.257 e. The van der Waals surface area contributed by atoms with Gasteiger partial charge in [0.15, 0.2) is 0 Å². The van der Waals surface area contributed by atoms with Gasteiger partial charge in [0.2, 0.25) is 0 Å². The van der Waals surface area contributed by atoms with Gasteiger partial charge in [-0.05, 0) is 13.6 Å². The molecule has 0 saturated carbocycles. The van der Waals surface area contributed by atoms with Gasteiger partial charge in [-0.1, -0.05) is 20.8 Å². The Balaban J connectivity index is 0. The van der Waals surface area contributed by atoms with Gasteiger partial charge < -0.3 is 4.90 Å². The van der Waals surface area contributed by atoms with Crippen molar-refractivity contribution in [2.45, 2.75) is 33.6 Å². The van der Waals surface area contributed by atoms with E-state index >= 15 is 0 Å². The lowest BCUT2D eigenvalue weighted by atomic mass is 10.3. The highest BCUT2D eigenvalue weighted by Crippen LogP contribution is 2.11. The first-order chi connectivity index (χ1) is 4.95. The number of nitrogens with zero attached hydrogens (tertiary/aromatic N) is 1. The Hall–Kier alpha value is -0.180. The minimum atomic E-state index is -2.55. The van der Waals surface area contributed by atoms with Crippen LogP contribution in [0.3, 0.4) is 0 Å². The zero-order valence-electron chi connectivity index (χ0n) is 8.12. The fourth-order valence-corrected chi connectivity index (χ4v) is 0.586. The monoisotopic (exact) mass is 167 g/mol. The lowest BCUT2D eigenvalue weighted by molar-refractivity contribution is -0.00673. The zero-order valence-corrected chi connectivity index (χ0v) is 8.12. The Kier molecular flexibility index (Phi) is 7.96. The van der Waals surface area contributed by atoms with E-state index in [9.17, 15) is 8.78 Å². The van der Waals surface area contributed by atoms with Crippen LogP contribution >= 0.6 is 0 Å². The molecule has 0 N–H and O–H groups in total. The minimum absolute atomic E-state index is 0.149. The fraction of sp³-hybridized carbons (Fsp3) is 1.00. The second kappa shape index (κ2) is 6.53. The van der Waals surface area contributed by atoms with Crippen LogP contribution in [0.2, 0.25) is 0 Å². The molecule has 0 amide bonds. The zero-order chi connectivity index (χ0) is 9.49. The summed E-state index contributed by atoms with van der Waals surface area (Å²) < 4.78 is 24.2. The molecule has 0 radical (unpaired) electrons. The third kappa shape index (κ3) is 12.9. The highest BCUT2D eigenvalue weighted by molar-refractivity contribution is 4.62. The predicted octanol–water partition coefficient (Wildman–Crippen LogP) is 2.62. The summed E-state index contributed by atoms with van der Waals surface area (Å²) in [5.41, 5.74) is 0. The molecular formula is C8H19F2N. The number of alkyl halides is 2. The summed E-state index contributed by atoms with van der Waals surface area (Å²) in [5.74, 6) is -2.55. The maximum atomic E-state index is 12.1. The van der Waals surface area contributed by atoms with Crippen molar-refractivity contribution in [2.75, 3.05) is 20.1 Å². The van der Waals surface area contributed by atoms with Crippen molar-refractivity contribution in [1.29, 1.82) is 0 Å². The van der Waals surface area contributed by atoms with Crippen molar-refractivity contribution in [2.24, 2.45) is 0 Å². The largest absolute Gasteiger partial charge is 0.301 e. The molecule has 11 heavy (non-hydrogen) atoms. The molecule has 70 valence electrons. The maximum absolute atomic E-state index is 12.1. The molecule has 0 aliphatic carbocycles. The molecule has 0 spiro atoms. The Labute approximate surface area is 68.4 Å². The molecule has 0 bridgehead atoms. The summed E-state index contributed by atoms with van der Waals surface area (Å²) in [6, 6.07) is 0. The van der Waals surface area contributed by atoms with Crippen LogP contribution in [0.4, 0.5) is 8.78 Å². The molecule has 1 nitrogen and oxygen atoms in total. The topological polar surface area (TPSA) is 3.24 Å². The average Bonchev–Trinajstić information content (AvgIpc) is 1.89. The molecule has 0 aliphatic heterocycles. The Morgan fingerprint density at radius 3 is 1.73 bits per heavy atom. The van der Waals surface area contributed by atoms with Crippen LogP contribution in [-0.4, -0.2) is 31.0 Å². The molecule has 0 saturated heterocycles. The van der Waals surface area contributed by atoms with Gasteiger partial charge in [0.25, 0.3) is 5.92 Å². The molecule has 0 unspecified atom stereocenters. The molecule has 0 aliphatic rings. The standard InChI is InChI=1S/C6H13F2N.C2H6/c1-4-9(3)5-6(2,7)8;1-2/h4-5H2,1-3H3;1-2H3. The summed E-state index contributed by atoms with van der Waals surface area (Å²) >= 11 is 0. The molecular weight excluding hydrogens is 148 g/mol. The van der Waals surface area contributed by atoms with Crippen LogP contribution in [0.1, 0.15) is 27.7 Å². The van der Waals surface area contributed by atoms with Crippen LogP contribution in [0.15, 0.2) is 0 Å². The number of rotatable bonds is 3. The molecule has 0 rings (SSSR count). The number of hydrogen-bond donors (Lipinski definition) is 0. The van der Waals surface area contributed by atoms with Crippen molar-refractivity contribution >= 4 is 0 Å². The van der Waals surface area contributed by atoms with Crippen molar-refractivity contribution in [1.82, 2.24) is 4.90 Å². The lowest BCUT2D eigenvalue weighted by Crippen LogP contribution is -2.31. The van der Waals surface area contributed by atoms with Gasteiger partial charge in [0, 0.05) is 6.92 Å². The normalized spacial score (nSPS) is 10.9. The average molecular weight is 167 g/mol. The van der Waals surface area contributed by atoms with Gasteiger partial charge >= 0.3 is 0 Å². The second-order valence-electron chi connectivity index (χ2n) is 2.40. The van der Waals surface area contributed by atoms with Crippen LogP contribution in [0.5, 0.6) is 0 Å². The van der Waals surface area contributed by atoms with Gasteiger partial charge in [0.05, 0.1) is 6.54 Å². The third-order valence-corrected chi connectivity index (χ3v) is 1.09. The van der Waals surface area contributed by atoms with E-state index < -0.39 is 5.92 Å². The molecule has 0 aromatic heterocycles. The van der Waals surface area contributed by atoms with Crippen LogP contribution in [0, 0.1) is 0 Å². The van der Waals surface area contributed by atoms with Crippen LogP contribution < -0.4 is 0 Å². The van der Waals surface area contributed by atoms with Crippen LogP contribution in [0.25, 0.3) is 0 Å². The molecule has 0 atom stereocenters. The molecule has 0 fully saturated rings. The lowest BCUT2D eigenvalue weighted by Gasteiger charge is -2.18. The molecule has 0 aromatic carbocycles. The van der Waals surface area contributed by atoms with E-state index in [1.165, 1.54) is 0 Å². The summed E-state index contributed by atoms with van der Waals surface area (Å²) in [7, 11) is 1.68. The Morgan fingerprint density at radius 2 is 1.64 bits per heavy atom. The first-order valence-electron chi connectivity index (χ1n) is 4.02. The molecule has 0 heterocycles. The van der Waals surface area contributed by atoms with E-state index in [2.05, 4.69) is 0 Å². The van der Waals surface area contributed by atoms with Crippen molar-refractivity contribution < 1.29 is 8.78 Å². The number of hydrogen-bond acceptors (Lipinski definition) is 1. The number of halogens is 2. The fourth-order valence-electron chi connectivity index (χ4n) is 0.586. The van der Waals surface area contributed by atoms with Gasteiger partial charge in [-0.2, -0.15) is 0 Å². The SMILES string of the molecule is CC.CCN(C)CC(C)(F)F. The summed E-state index contributed by atoms with van der Waals surface area (Å²) in [5, 5.41) is 0. The summed E-state index contributed by atoms with van der Waals surface area (Å²) in [4.78, 5) is 1.58. The van der Waals surface area contributed by atoms with Gasteiger partial charge in [-0.3, -0.25) is 0 Å². The summed E-state index contributed by atoms with van der Waals surface area (Å²) in [6.45, 7) is 7.30.